The fourth-order valence-electron chi connectivity index (χ4n) is 1.67. The number of imidazole rings is 1. The molecule has 2 aromatic rings. The molecule has 0 radical (unpaired) electrons. The summed E-state index contributed by atoms with van der Waals surface area (Å²) in [5.74, 6) is -0.0708. The molecule has 2 aromatic heterocycles. The van der Waals surface area contributed by atoms with E-state index in [1.54, 1.807) is 36.0 Å². The minimum Gasteiger partial charge on any atom is -0.395 e. The third-order valence-electron chi connectivity index (χ3n) is 2.66. The third-order valence-corrected chi connectivity index (χ3v) is 2.88. The van der Waals surface area contributed by atoms with E-state index in [-0.39, 0.29) is 18.9 Å². The molecule has 0 unspecified atom stereocenters. The van der Waals surface area contributed by atoms with Gasteiger partial charge in [-0.1, -0.05) is 11.6 Å². The van der Waals surface area contributed by atoms with Gasteiger partial charge in [0.25, 0.3) is 0 Å². The second-order valence-corrected chi connectivity index (χ2v) is 4.50. The van der Waals surface area contributed by atoms with E-state index < -0.39 is 0 Å². The number of hydrogen-bond acceptors (Lipinski definition) is 3. The Morgan fingerprint density at radius 1 is 1.50 bits per heavy atom. The lowest BCUT2D eigenvalue weighted by atomic mass is 10.3. The Balaban J connectivity index is 2.14. The molecule has 0 bridgehead atoms. The van der Waals surface area contributed by atoms with Crippen LogP contribution in [0.4, 0.5) is 0 Å². The summed E-state index contributed by atoms with van der Waals surface area (Å²) < 4.78 is 1.79. The highest BCUT2D eigenvalue weighted by Gasteiger charge is 2.11. The number of fused-ring (bicyclic) bond motifs is 1. The molecule has 96 valence electrons. The largest absolute Gasteiger partial charge is 0.395 e. The van der Waals surface area contributed by atoms with Crippen LogP contribution in [0.3, 0.4) is 0 Å². The molecule has 0 aliphatic carbocycles. The molecule has 0 saturated carbocycles. The molecule has 0 aliphatic rings. The molecule has 0 fully saturated rings. The van der Waals surface area contributed by atoms with E-state index in [9.17, 15) is 4.79 Å². The van der Waals surface area contributed by atoms with Gasteiger partial charge in [0, 0.05) is 26.0 Å². The first-order valence-electron chi connectivity index (χ1n) is 5.58. The second-order valence-electron chi connectivity index (χ2n) is 4.06. The molecule has 0 spiro atoms. The summed E-state index contributed by atoms with van der Waals surface area (Å²) in [6, 6.07) is 3.56. The maximum absolute atomic E-state index is 11.8. The number of aromatic nitrogens is 2. The number of hydrogen-bond donors (Lipinski definition) is 1. The molecule has 18 heavy (non-hydrogen) atoms. The summed E-state index contributed by atoms with van der Waals surface area (Å²) in [7, 11) is 1.66. The fraction of sp³-hybridized carbons (Fsp3) is 0.333. The number of aliphatic hydroxyl groups excluding tert-OH is 1. The first-order chi connectivity index (χ1) is 8.60. The molecule has 0 aliphatic heterocycles. The monoisotopic (exact) mass is 267 g/mol. The minimum absolute atomic E-state index is 0.0387. The van der Waals surface area contributed by atoms with Crippen molar-refractivity contribution in [3.8, 4) is 0 Å². The van der Waals surface area contributed by atoms with Crippen LogP contribution >= 0.6 is 11.6 Å². The summed E-state index contributed by atoms with van der Waals surface area (Å²) in [5.41, 5.74) is 1.44. The maximum Gasteiger partial charge on any atom is 0.228 e. The second kappa shape index (κ2) is 5.37. The van der Waals surface area contributed by atoms with Crippen molar-refractivity contribution in [1.29, 1.82) is 0 Å². The summed E-state index contributed by atoms with van der Waals surface area (Å²) in [4.78, 5) is 17.6. The topological polar surface area (TPSA) is 57.8 Å². The van der Waals surface area contributed by atoms with Crippen molar-refractivity contribution < 1.29 is 9.90 Å². The molecule has 2 heterocycles. The van der Waals surface area contributed by atoms with Crippen molar-refractivity contribution in [3.05, 3.63) is 35.2 Å². The van der Waals surface area contributed by atoms with Gasteiger partial charge in [0.15, 0.2) is 0 Å². The number of aliphatic hydroxyl groups is 1. The standard InChI is InChI=1S/C12H14ClN3O2/c1-15(4-5-17)12(18)6-10-8-16-7-9(13)2-3-11(16)14-10/h2-3,7-8,17H,4-6H2,1H3. The van der Waals surface area contributed by atoms with E-state index >= 15 is 0 Å². The van der Waals surface area contributed by atoms with Gasteiger partial charge in [-0.3, -0.25) is 4.79 Å². The van der Waals surface area contributed by atoms with Crippen LogP contribution in [0.5, 0.6) is 0 Å². The van der Waals surface area contributed by atoms with Crippen molar-refractivity contribution in [2.75, 3.05) is 20.2 Å². The fourth-order valence-corrected chi connectivity index (χ4v) is 1.84. The Morgan fingerprint density at radius 3 is 3.00 bits per heavy atom. The van der Waals surface area contributed by atoms with Crippen LogP contribution in [0.25, 0.3) is 5.65 Å². The molecule has 1 amide bonds. The van der Waals surface area contributed by atoms with Crippen LogP contribution in [0.15, 0.2) is 24.5 Å². The average molecular weight is 268 g/mol. The van der Waals surface area contributed by atoms with Crippen molar-refractivity contribution >= 4 is 23.2 Å². The molecular weight excluding hydrogens is 254 g/mol. The lowest BCUT2D eigenvalue weighted by Crippen LogP contribution is -2.30. The molecule has 5 nitrogen and oxygen atoms in total. The molecule has 0 atom stereocenters. The van der Waals surface area contributed by atoms with E-state index in [1.165, 1.54) is 4.90 Å². The Labute approximate surface area is 110 Å². The highest BCUT2D eigenvalue weighted by atomic mass is 35.5. The van der Waals surface area contributed by atoms with Gasteiger partial charge in [-0.2, -0.15) is 0 Å². The summed E-state index contributed by atoms with van der Waals surface area (Å²) in [5, 5.41) is 9.39. The van der Waals surface area contributed by atoms with Gasteiger partial charge >= 0.3 is 0 Å². The Hall–Kier alpha value is -1.59. The van der Waals surface area contributed by atoms with Gasteiger partial charge < -0.3 is 14.4 Å². The van der Waals surface area contributed by atoms with Gasteiger partial charge in [0.2, 0.25) is 5.91 Å². The zero-order valence-corrected chi connectivity index (χ0v) is 10.8. The van der Waals surface area contributed by atoms with Crippen LogP contribution in [-0.4, -0.2) is 45.5 Å². The summed E-state index contributed by atoms with van der Waals surface area (Å²) >= 11 is 5.87. The predicted molar refractivity (Wildman–Crippen MR) is 68.6 cm³/mol. The van der Waals surface area contributed by atoms with E-state index in [0.29, 0.717) is 17.3 Å². The highest BCUT2D eigenvalue weighted by molar-refractivity contribution is 6.30. The average Bonchev–Trinajstić information content (AvgIpc) is 2.70. The number of pyridine rings is 1. The zero-order chi connectivity index (χ0) is 13.1. The first kappa shape index (κ1) is 12.9. The lowest BCUT2D eigenvalue weighted by molar-refractivity contribution is -0.129. The lowest BCUT2D eigenvalue weighted by Gasteiger charge is -2.14. The smallest absolute Gasteiger partial charge is 0.228 e. The Bertz CT molecular complexity index is 567. The van der Waals surface area contributed by atoms with Crippen LogP contribution in [0, 0.1) is 0 Å². The number of amides is 1. The van der Waals surface area contributed by atoms with E-state index in [0.717, 1.165) is 5.65 Å². The predicted octanol–water partition coefficient (Wildman–Crippen LogP) is 0.981. The third kappa shape index (κ3) is 2.80. The minimum atomic E-state index is -0.0708. The SMILES string of the molecule is CN(CCO)C(=O)Cc1cn2cc(Cl)ccc2n1. The molecular formula is C12H14ClN3O2. The van der Waals surface area contributed by atoms with E-state index in [2.05, 4.69) is 4.98 Å². The Morgan fingerprint density at radius 2 is 2.28 bits per heavy atom. The van der Waals surface area contributed by atoms with E-state index in [4.69, 9.17) is 16.7 Å². The zero-order valence-electron chi connectivity index (χ0n) is 10.0. The number of nitrogens with zero attached hydrogens (tertiary/aromatic N) is 3. The maximum atomic E-state index is 11.8. The van der Waals surface area contributed by atoms with Gasteiger partial charge in [-0.15, -0.1) is 0 Å². The van der Waals surface area contributed by atoms with Gasteiger partial charge in [0.05, 0.1) is 23.7 Å². The summed E-state index contributed by atoms with van der Waals surface area (Å²) in [6.45, 7) is 0.293. The number of carbonyl (C=O) groups excluding carboxylic acids is 1. The van der Waals surface area contributed by atoms with Crippen molar-refractivity contribution in [2.45, 2.75) is 6.42 Å². The van der Waals surface area contributed by atoms with Crippen LogP contribution in [0.1, 0.15) is 5.69 Å². The summed E-state index contributed by atoms with van der Waals surface area (Å²) in [6.07, 6.45) is 3.75. The number of carbonyl (C=O) groups is 1. The molecule has 1 N–H and O–H groups in total. The molecule has 0 aromatic carbocycles. The number of likely N-dealkylation sites (N-methyl/N-ethyl adjacent to an activating group) is 1. The number of rotatable bonds is 4. The molecule has 2 rings (SSSR count). The van der Waals surface area contributed by atoms with Crippen LogP contribution in [-0.2, 0) is 11.2 Å². The van der Waals surface area contributed by atoms with Crippen molar-refractivity contribution in [2.24, 2.45) is 0 Å². The van der Waals surface area contributed by atoms with Crippen LogP contribution < -0.4 is 0 Å². The first-order valence-corrected chi connectivity index (χ1v) is 5.96. The van der Waals surface area contributed by atoms with Gasteiger partial charge in [-0.25, -0.2) is 4.98 Å². The van der Waals surface area contributed by atoms with E-state index in [1.807, 2.05) is 0 Å². The normalized spacial score (nSPS) is 10.8. The molecule has 0 saturated heterocycles. The quantitative estimate of drug-likeness (QED) is 0.898. The highest BCUT2D eigenvalue weighted by Crippen LogP contribution is 2.12. The van der Waals surface area contributed by atoms with Crippen molar-refractivity contribution in [3.63, 3.8) is 0 Å². The van der Waals surface area contributed by atoms with Crippen molar-refractivity contribution in [1.82, 2.24) is 14.3 Å². The van der Waals surface area contributed by atoms with Gasteiger partial charge in [-0.05, 0) is 12.1 Å². The van der Waals surface area contributed by atoms with Gasteiger partial charge in [0.1, 0.15) is 5.65 Å². The Kier molecular flexibility index (Phi) is 3.84. The van der Waals surface area contributed by atoms with Crippen LogP contribution in [0.2, 0.25) is 5.02 Å². The number of halogens is 1. The molecule has 6 heteroatoms.